The van der Waals surface area contributed by atoms with Crippen molar-refractivity contribution >= 4 is 66.7 Å². The highest BCUT2D eigenvalue weighted by Crippen LogP contribution is 2.41. The number of rotatable bonds is 8. The van der Waals surface area contributed by atoms with Crippen molar-refractivity contribution in [2.24, 2.45) is 0 Å². The van der Waals surface area contributed by atoms with Crippen LogP contribution in [-0.4, -0.2) is 4.57 Å². The molecule has 0 amide bonds. The SMILES string of the molecule is c1ccc(N(c2ccccc2)c2ccc(-c3cccc4c3c3ccccc3n4-c3ccc4cc(N(c5ccccc5)c5ccccc5)ccc4c3)cc2)cc1. The molecular weight excluding hydrogens is 667 g/mol. The summed E-state index contributed by atoms with van der Waals surface area (Å²) in [7, 11) is 0. The summed E-state index contributed by atoms with van der Waals surface area (Å²) in [6, 6.07) is 80.4. The Balaban J connectivity index is 1.06. The highest BCUT2D eigenvalue weighted by Gasteiger charge is 2.18. The van der Waals surface area contributed by atoms with Crippen molar-refractivity contribution in [3.05, 3.63) is 224 Å². The standard InChI is InChI=1S/C52H37N3/c1-5-16-41(17-6-1)53(42-18-7-2-8-19-42)45-32-28-38(29-33-45)48-25-15-27-51-52(48)49-24-13-14-26-50(49)55(51)47-35-31-39-36-46(34-30-40(39)37-47)54(43-20-9-3-10-21-43)44-22-11-4-12-23-44/h1-37H. The molecule has 9 aromatic carbocycles. The zero-order valence-electron chi connectivity index (χ0n) is 30.2. The molecule has 3 heteroatoms. The van der Waals surface area contributed by atoms with Crippen LogP contribution in [0.15, 0.2) is 224 Å². The molecule has 0 spiro atoms. The quantitative estimate of drug-likeness (QED) is 0.156. The molecule has 0 saturated heterocycles. The van der Waals surface area contributed by atoms with Gasteiger partial charge in [0.2, 0.25) is 0 Å². The van der Waals surface area contributed by atoms with Gasteiger partial charge in [0, 0.05) is 50.6 Å². The molecule has 260 valence electrons. The molecule has 1 aromatic heterocycles. The van der Waals surface area contributed by atoms with E-state index in [0.717, 1.165) is 39.8 Å². The zero-order chi connectivity index (χ0) is 36.6. The van der Waals surface area contributed by atoms with E-state index < -0.39 is 0 Å². The maximum atomic E-state index is 2.42. The molecule has 0 atom stereocenters. The fourth-order valence-corrected chi connectivity index (χ4v) is 8.03. The van der Waals surface area contributed by atoms with Gasteiger partial charge >= 0.3 is 0 Å². The molecule has 0 fully saturated rings. The minimum Gasteiger partial charge on any atom is -0.311 e. The minimum absolute atomic E-state index is 1.12. The van der Waals surface area contributed by atoms with Crippen molar-refractivity contribution in [2.45, 2.75) is 0 Å². The van der Waals surface area contributed by atoms with Gasteiger partial charge in [-0.05, 0) is 119 Å². The molecular formula is C52H37N3. The fourth-order valence-electron chi connectivity index (χ4n) is 8.03. The number of hydrogen-bond acceptors (Lipinski definition) is 2. The molecule has 10 aromatic rings. The Morgan fingerprint density at radius 2 is 0.764 bits per heavy atom. The largest absolute Gasteiger partial charge is 0.311 e. The van der Waals surface area contributed by atoms with E-state index in [-0.39, 0.29) is 0 Å². The minimum atomic E-state index is 1.12. The van der Waals surface area contributed by atoms with Crippen LogP contribution < -0.4 is 9.80 Å². The van der Waals surface area contributed by atoms with Crippen LogP contribution in [0.5, 0.6) is 0 Å². The second-order valence-electron chi connectivity index (χ2n) is 13.8. The molecule has 0 N–H and O–H groups in total. The molecule has 0 bridgehead atoms. The number of anilines is 6. The van der Waals surface area contributed by atoms with E-state index in [9.17, 15) is 0 Å². The first-order valence-corrected chi connectivity index (χ1v) is 18.8. The van der Waals surface area contributed by atoms with Crippen molar-refractivity contribution in [1.82, 2.24) is 4.57 Å². The normalized spacial score (nSPS) is 11.3. The highest BCUT2D eigenvalue weighted by molar-refractivity contribution is 6.16. The summed E-state index contributed by atoms with van der Waals surface area (Å²) < 4.78 is 2.42. The maximum absolute atomic E-state index is 2.42. The third-order valence-electron chi connectivity index (χ3n) is 10.5. The predicted molar refractivity (Wildman–Crippen MR) is 233 cm³/mol. The average Bonchev–Trinajstić information content (AvgIpc) is 3.60. The Morgan fingerprint density at radius 1 is 0.309 bits per heavy atom. The van der Waals surface area contributed by atoms with Crippen LogP contribution in [0.1, 0.15) is 0 Å². The van der Waals surface area contributed by atoms with E-state index in [2.05, 4.69) is 239 Å². The summed E-state index contributed by atoms with van der Waals surface area (Å²) in [5.41, 5.74) is 12.7. The van der Waals surface area contributed by atoms with Crippen molar-refractivity contribution < 1.29 is 0 Å². The lowest BCUT2D eigenvalue weighted by Crippen LogP contribution is -2.09. The first-order chi connectivity index (χ1) is 27.3. The van der Waals surface area contributed by atoms with Gasteiger partial charge in [-0.2, -0.15) is 0 Å². The topological polar surface area (TPSA) is 11.4 Å². The molecule has 0 aliphatic rings. The highest BCUT2D eigenvalue weighted by atomic mass is 15.1. The summed E-state index contributed by atoms with van der Waals surface area (Å²) in [6.45, 7) is 0. The molecule has 55 heavy (non-hydrogen) atoms. The molecule has 1 heterocycles. The number of aromatic nitrogens is 1. The Morgan fingerprint density at radius 3 is 1.36 bits per heavy atom. The van der Waals surface area contributed by atoms with Crippen molar-refractivity contribution in [3.8, 4) is 16.8 Å². The molecule has 0 saturated carbocycles. The van der Waals surface area contributed by atoms with Crippen LogP contribution in [0.2, 0.25) is 0 Å². The van der Waals surface area contributed by atoms with Crippen LogP contribution in [0.25, 0.3) is 49.4 Å². The predicted octanol–water partition coefficient (Wildman–Crippen LogP) is 14.5. The van der Waals surface area contributed by atoms with Crippen molar-refractivity contribution in [3.63, 3.8) is 0 Å². The van der Waals surface area contributed by atoms with Gasteiger partial charge in [-0.15, -0.1) is 0 Å². The van der Waals surface area contributed by atoms with Crippen LogP contribution in [-0.2, 0) is 0 Å². The fraction of sp³-hybridized carbons (Fsp3) is 0. The van der Waals surface area contributed by atoms with E-state index in [1.54, 1.807) is 0 Å². The number of nitrogens with zero attached hydrogens (tertiary/aromatic N) is 3. The lowest BCUT2D eigenvalue weighted by atomic mass is 9.99. The van der Waals surface area contributed by atoms with Gasteiger partial charge in [0.1, 0.15) is 0 Å². The Hall–Kier alpha value is -7.36. The second kappa shape index (κ2) is 13.9. The van der Waals surface area contributed by atoms with Gasteiger partial charge in [-0.25, -0.2) is 0 Å². The summed E-state index contributed by atoms with van der Waals surface area (Å²) in [4.78, 5) is 4.62. The van der Waals surface area contributed by atoms with E-state index >= 15 is 0 Å². The molecule has 0 aliphatic carbocycles. The molecule has 3 nitrogen and oxygen atoms in total. The molecule has 10 rings (SSSR count). The lowest BCUT2D eigenvalue weighted by molar-refractivity contribution is 1.19. The van der Waals surface area contributed by atoms with Gasteiger partial charge < -0.3 is 14.4 Å². The molecule has 0 radical (unpaired) electrons. The van der Waals surface area contributed by atoms with Crippen LogP contribution in [0.3, 0.4) is 0 Å². The van der Waals surface area contributed by atoms with Crippen molar-refractivity contribution in [1.29, 1.82) is 0 Å². The molecule has 0 aliphatic heterocycles. The van der Waals surface area contributed by atoms with Gasteiger partial charge in [-0.3, -0.25) is 0 Å². The summed E-state index contributed by atoms with van der Waals surface area (Å²) in [6.07, 6.45) is 0. The number of hydrogen-bond donors (Lipinski definition) is 0. The number of para-hydroxylation sites is 5. The monoisotopic (exact) mass is 703 g/mol. The Bertz CT molecular complexity index is 2820. The van der Waals surface area contributed by atoms with Gasteiger partial charge in [0.25, 0.3) is 0 Å². The summed E-state index contributed by atoms with van der Waals surface area (Å²) >= 11 is 0. The second-order valence-corrected chi connectivity index (χ2v) is 13.8. The van der Waals surface area contributed by atoms with E-state index in [1.807, 2.05) is 0 Å². The first kappa shape index (κ1) is 32.3. The van der Waals surface area contributed by atoms with Gasteiger partial charge in [0.05, 0.1) is 11.0 Å². The Kier molecular flexibility index (Phi) is 8.16. The lowest BCUT2D eigenvalue weighted by Gasteiger charge is -2.25. The maximum Gasteiger partial charge on any atom is 0.0547 e. The van der Waals surface area contributed by atoms with Crippen LogP contribution >= 0.6 is 0 Å². The zero-order valence-corrected chi connectivity index (χ0v) is 30.2. The van der Waals surface area contributed by atoms with Crippen LogP contribution in [0, 0.1) is 0 Å². The molecule has 0 unspecified atom stereocenters. The van der Waals surface area contributed by atoms with Crippen molar-refractivity contribution in [2.75, 3.05) is 9.80 Å². The van der Waals surface area contributed by atoms with E-state index in [1.165, 1.54) is 43.7 Å². The number of fused-ring (bicyclic) bond motifs is 4. The number of benzene rings is 9. The van der Waals surface area contributed by atoms with Gasteiger partial charge in [0.15, 0.2) is 0 Å². The average molecular weight is 704 g/mol. The third-order valence-corrected chi connectivity index (χ3v) is 10.5. The Labute approximate surface area is 321 Å². The first-order valence-electron chi connectivity index (χ1n) is 18.8. The van der Waals surface area contributed by atoms with Gasteiger partial charge in [-0.1, -0.05) is 127 Å². The van der Waals surface area contributed by atoms with Crippen LogP contribution in [0.4, 0.5) is 34.1 Å². The summed E-state index contributed by atoms with van der Waals surface area (Å²) in [5.74, 6) is 0. The smallest absolute Gasteiger partial charge is 0.0547 e. The summed E-state index contributed by atoms with van der Waals surface area (Å²) in [5, 5.41) is 4.89. The van der Waals surface area contributed by atoms with E-state index in [0.29, 0.717) is 0 Å². The van der Waals surface area contributed by atoms with E-state index in [4.69, 9.17) is 0 Å². The third kappa shape index (κ3) is 5.89.